The van der Waals surface area contributed by atoms with Gasteiger partial charge in [0.1, 0.15) is 5.82 Å². The predicted octanol–water partition coefficient (Wildman–Crippen LogP) is 2.95. The minimum absolute atomic E-state index is 0.0296. The second-order valence-electron chi connectivity index (χ2n) is 5.88. The summed E-state index contributed by atoms with van der Waals surface area (Å²) >= 11 is 5.81. The van der Waals surface area contributed by atoms with Crippen molar-refractivity contribution in [1.82, 2.24) is 9.62 Å². The van der Waals surface area contributed by atoms with Gasteiger partial charge in [-0.2, -0.15) is 4.31 Å². The van der Waals surface area contributed by atoms with E-state index in [1.165, 1.54) is 28.6 Å². The number of benzene rings is 2. The van der Waals surface area contributed by atoms with Gasteiger partial charge >= 0.3 is 0 Å². The summed E-state index contributed by atoms with van der Waals surface area (Å²) in [5, 5.41) is 3.36. The van der Waals surface area contributed by atoms with Gasteiger partial charge in [0.15, 0.2) is 0 Å². The fourth-order valence-electron chi connectivity index (χ4n) is 2.27. The van der Waals surface area contributed by atoms with E-state index in [-0.39, 0.29) is 31.2 Å². The van der Waals surface area contributed by atoms with Crippen molar-refractivity contribution in [1.29, 1.82) is 0 Å². The summed E-state index contributed by atoms with van der Waals surface area (Å²) in [4.78, 5) is 12.0. The first-order chi connectivity index (χ1) is 12.2. The van der Waals surface area contributed by atoms with Crippen LogP contribution in [-0.4, -0.2) is 31.4 Å². The molecule has 0 bridgehead atoms. The van der Waals surface area contributed by atoms with Crippen LogP contribution in [0.5, 0.6) is 0 Å². The summed E-state index contributed by atoms with van der Waals surface area (Å²) in [5.41, 5.74) is 1.55. The standard InChI is InChI=1S/C18H20ClFN2O3S/c1-26(24,25)22(13-15-4-8-17(20)9-5-15)11-10-18(23)21-12-14-2-6-16(19)7-3-14/h2-9H,10-13H2,1H3,(H,21,23). The van der Waals surface area contributed by atoms with Gasteiger partial charge in [-0.05, 0) is 35.4 Å². The number of hydrogen-bond donors (Lipinski definition) is 1. The maximum absolute atomic E-state index is 13.0. The van der Waals surface area contributed by atoms with E-state index in [0.717, 1.165) is 11.8 Å². The van der Waals surface area contributed by atoms with Gasteiger partial charge in [-0.15, -0.1) is 0 Å². The number of nitrogens with one attached hydrogen (secondary N) is 1. The van der Waals surface area contributed by atoms with Crippen molar-refractivity contribution >= 4 is 27.5 Å². The lowest BCUT2D eigenvalue weighted by atomic mass is 10.2. The fraction of sp³-hybridized carbons (Fsp3) is 0.278. The van der Waals surface area contributed by atoms with Crippen molar-refractivity contribution in [2.75, 3.05) is 12.8 Å². The maximum atomic E-state index is 13.0. The first kappa shape index (κ1) is 20.4. The summed E-state index contributed by atoms with van der Waals surface area (Å²) in [7, 11) is -3.50. The summed E-state index contributed by atoms with van der Waals surface area (Å²) in [6.07, 6.45) is 1.12. The first-order valence-electron chi connectivity index (χ1n) is 7.95. The zero-order valence-corrected chi connectivity index (χ0v) is 15.9. The van der Waals surface area contributed by atoms with E-state index in [4.69, 9.17) is 11.6 Å². The average Bonchev–Trinajstić information content (AvgIpc) is 2.58. The van der Waals surface area contributed by atoms with Crippen molar-refractivity contribution in [3.8, 4) is 0 Å². The molecule has 1 amide bonds. The Hall–Kier alpha value is -1.96. The molecule has 26 heavy (non-hydrogen) atoms. The van der Waals surface area contributed by atoms with E-state index in [0.29, 0.717) is 17.1 Å². The molecule has 0 unspecified atom stereocenters. The highest BCUT2D eigenvalue weighted by Crippen LogP contribution is 2.11. The smallest absolute Gasteiger partial charge is 0.221 e. The topological polar surface area (TPSA) is 66.5 Å². The third kappa shape index (κ3) is 6.74. The Morgan fingerprint density at radius 1 is 1.08 bits per heavy atom. The summed E-state index contributed by atoms with van der Waals surface area (Å²) in [6, 6.07) is 12.7. The second-order valence-corrected chi connectivity index (χ2v) is 8.30. The lowest BCUT2D eigenvalue weighted by molar-refractivity contribution is -0.121. The van der Waals surface area contributed by atoms with Gasteiger partial charge in [0, 0.05) is 31.1 Å². The maximum Gasteiger partial charge on any atom is 0.221 e. The van der Waals surface area contributed by atoms with Crippen LogP contribution in [-0.2, 0) is 27.9 Å². The number of carbonyl (C=O) groups excluding carboxylic acids is 1. The second kappa shape index (κ2) is 9.12. The summed E-state index contributed by atoms with van der Waals surface area (Å²) in [6.45, 7) is 0.471. The molecule has 0 spiro atoms. The zero-order valence-electron chi connectivity index (χ0n) is 14.3. The lowest BCUT2D eigenvalue weighted by Gasteiger charge is -2.20. The third-order valence-electron chi connectivity index (χ3n) is 3.73. The van der Waals surface area contributed by atoms with Crippen LogP contribution in [0.25, 0.3) is 0 Å². The number of hydrogen-bond acceptors (Lipinski definition) is 3. The Morgan fingerprint density at radius 3 is 2.23 bits per heavy atom. The Bertz CT molecular complexity index is 840. The van der Waals surface area contributed by atoms with Gasteiger partial charge in [-0.3, -0.25) is 4.79 Å². The molecule has 0 atom stereocenters. The summed E-state index contributed by atoms with van der Waals surface area (Å²) < 4.78 is 38.0. The zero-order chi connectivity index (χ0) is 19.2. The molecule has 0 aliphatic heterocycles. The molecule has 0 aliphatic rings. The van der Waals surface area contributed by atoms with Gasteiger partial charge in [0.2, 0.25) is 15.9 Å². The van der Waals surface area contributed by atoms with E-state index in [1.807, 2.05) is 0 Å². The minimum atomic E-state index is -3.50. The van der Waals surface area contributed by atoms with Crippen molar-refractivity contribution in [2.45, 2.75) is 19.5 Å². The molecule has 1 N–H and O–H groups in total. The van der Waals surface area contributed by atoms with Crippen LogP contribution in [0.1, 0.15) is 17.5 Å². The average molecular weight is 399 g/mol. The summed E-state index contributed by atoms with van der Waals surface area (Å²) in [5.74, 6) is -0.645. The number of rotatable bonds is 8. The highest BCUT2D eigenvalue weighted by Gasteiger charge is 2.18. The molecule has 5 nitrogen and oxygen atoms in total. The van der Waals surface area contributed by atoms with E-state index < -0.39 is 10.0 Å². The molecule has 0 fully saturated rings. The monoisotopic (exact) mass is 398 g/mol. The van der Waals surface area contributed by atoms with Gasteiger partial charge in [-0.25, -0.2) is 12.8 Å². The van der Waals surface area contributed by atoms with Crippen molar-refractivity contribution < 1.29 is 17.6 Å². The molecule has 2 rings (SSSR count). The third-order valence-corrected chi connectivity index (χ3v) is 5.23. The molecular formula is C18H20ClFN2O3S. The van der Waals surface area contributed by atoms with Crippen LogP contribution >= 0.6 is 11.6 Å². The molecule has 2 aromatic rings. The van der Waals surface area contributed by atoms with Crippen LogP contribution in [0.3, 0.4) is 0 Å². The van der Waals surface area contributed by atoms with Crippen LogP contribution in [0, 0.1) is 5.82 Å². The van der Waals surface area contributed by atoms with Crippen LogP contribution in [0.4, 0.5) is 4.39 Å². The van der Waals surface area contributed by atoms with Gasteiger partial charge < -0.3 is 5.32 Å². The van der Waals surface area contributed by atoms with E-state index >= 15 is 0 Å². The molecule has 8 heteroatoms. The van der Waals surface area contributed by atoms with E-state index in [2.05, 4.69) is 5.32 Å². The fourth-order valence-corrected chi connectivity index (χ4v) is 3.21. The van der Waals surface area contributed by atoms with Crippen LogP contribution in [0.2, 0.25) is 5.02 Å². The molecule has 0 saturated heterocycles. The van der Waals surface area contributed by atoms with Gasteiger partial charge in [-0.1, -0.05) is 35.9 Å². The molecule has 0 radical (unpaired) electrons. The molecule has 140 valence electrons. The van der Waals surface area contributed by atoms with Crippen LogP contribution < -0.4 is 5.32 Å². The highest BCUT2D eigenvalue weighted by molar-refractivity contribution is 7.88. The quantitative estimate of drug-likeness (QED) is 0.743. The largest absolute Gasteiger partial charge is 0.352 e. The first-order valence-corrected chi connectivity index (χ1v) is 10.2. The SMILES string of the molecule is CS(=O)(=O)N(CCC(=O)NCc1ccc(Cl)cc1)Cc1ccc(F)cc1. The van der Waals surface area contributed by atoms with Gasteiger partial charge in [0.25, 0.3) is 0 Å². The Morgan fingerprint density at radius 2 is 1.65 bits per heavy atom. The Balaban J connectivity index is 1.88. The number of halogens is 2. The van der Waals surface area contributed by atoms with Crippen LogP contribution in [0.15, 0.2) is 48.5 Å². The lowest BCUT2D eigenvalue weighted by Crippen LogP contribution is -2.34. The number of carbonyl (C=O) groups is 1. The Labute approximate surface area is 157 Å². The van der Waals surface area contributed by atoms with Gasteiger partial charge in [0.05, 0.1) is 6.26 Å². The van der Waals surface area contributed by atoms with Crippen molar-refractivity contribution in [3.63, 3.8) is 0 Å². The normalized spacial score (nSPS) is 11.5. The Kier molecular flexibility index (Phi) is 7.14. The predicted molar refractivity (Wildman–Crippen MR) is 99.6 cm³/mol. The van der Waals surface area contributed by atoms with E-state index in [1.54, 1.807) is 24.3 Å². The molecular weight excluding hydrogens is 379 g/mol. The number of sulfonamides is 1. The molecule has 0 aliphatic carbocycles. The number of nitrogens with zero attached hydrogens (tertiary/aromatic N) is 1. The van der Waals surface area contributed by atoms with E-state index in [9.17, 15) is 17.6 Å². The molecule has 0 aromatic heterocycles. The highest BCUT2D eigenvalue weighted by atomic mass is 35.5. The molecule has 0 heterocycles. The van der Waals surface area contributed by atoms with Crippen molar-refractivity contribution in [3.05, 3.63) is 70.5 Å². The van der Waals surface area contributed by atoms with Crippen molar-refractivity contribution in [2.24, 2.45) is 0 Å². The minimum Gasteiger partial charge on any atom is -0.352 e. The molecule has 2 aromatic carbocycles. The number of amides is 1. The molecule has 0 saturated carbocycles.